The molecule has 3 atom stereocenters. The van der Waals surface area contributed by atoms with E-state index in [-0.39, 0.29) is 23.3 Å². The standard InChI is InChI=1S/C26H37NO3/c1-20(28)17-27-25(2,3)16-23(29-18-21-12-8-6-9-13-21)24(26(27,4)5)30-19-22-14-10-7-11-15-22/h6-15,20,23-24,28H,16-19H2,1-5H3. The van der Waals surface area contributed by atoms with Crippen LogP contribution in [0.1, 0.15) is 52.2 Å². The third-order valence-electron chi connectivity index (χ3n) is 6.19. The Morgan fingerprint density at radius 2 is 1.40 bits per heavy atom. The molecular formula is C26H37NO3. The van der Waals surface area contributed by atoms with E-state index >= 15 is 0 Å². The molecule has 0 saturated carbocycles. The van der Waals surface area contributed by atoms with Gasteiger partial charge in [-0.3, -0.25) is 4.90 Å². The maximum atomic E-state index is 10.2. The summed E-state index contributed by atoms with van der Waals surface area (Å²) in [7, 11) is 0. The summed E-state index contributed by atoms with van der Waals surface area (Å²) in [6.45, 7) is 12.5. The number of β-amino-alcohol motifs (C(OH)–C–C–N with tert-alkyl or cyclic N) is 1. The number of aliphatic hydroxyl groups excluding tert-OH is 1. The average molecular weight is 412 g/mol. The highest BCUT2D eigenvalue weighted by Crippen LogP contribution is 2.42. The number of hydrogen-bond donors (Lipinski definition) is 1. The molecule has 1 aliphatic heterocycles. The molecule has 0 radical (unpaired) electrons. The monoisotopic (exact) mass is 411 g/mol. The summed E-state index contributed by atoms with van der Waals surface area (Å²) < 4.78 is 13.0. The summed E-state index contributed by atoms with van der Waals surface area (Å²) >= 11 is 0. The first kappa shape index (κ1) is 23.0. The first-order valence-electron chi connectivity index (χ1n) is 11.0. The van der Waals surface area contributed by atoms with Crippen molar-refractivity contribution in [2.45, 2.75) is 83.6 Å². The number of piperidine rings is 1. The van der Waals surface area contributed by atoms with Crippen molar-refractivity contribution in [1.82, 2.24) is 4.90 Å². The lowest BCUT2D eigenvalue weighted by molar-refractivity contribution is -0.208. The smallest absolute Gasteiger partial charge is 0.102 e. The van der Waals surface area contributed by atoms with Crippen LogP contribution in [-0.4, -0.2) is 45.9 Å². The van der Waals surface area contributed by atoms with Crippen LogP contribution in [0.15, 0.2) is 60.7 Å². The molecule has 1 heterocycles. The van der Waals surface area contributed by atoms with Crippen LogP contribution >= 0.6 is 0 Å². The summed E-state index contributed by atoms with van der Waals surface area (Å²) in [5, 5.41) is 10.2. The van der Waals surface area contributed by atoms with Crippen LogP contribution in [0.3, 0.4) is 0 Å². The molecule has 1 N–H and O–H groups in total. The molecule has 30 heavy (non-hydrogen) atoms. The van der Waals surface area contributed by atoms with Gasteiger partial charge in [0, 0.05) is 17.6 Å². The van der Waals surface area contributed by atoms with Crippen molar-refractivity contribution in [3.63, 3.8) is 0 Å². The number of likely N-dealkylation sites (tertiary alicyclic amines) is 1. The zero-order chi connectivity index (χ0) is 21.8. The Kier molecular flexibility index (Phi) is 7.35. The van der Waals surface area contributed by atoms with Gasteiger partial charge in [0.15, 0.2) is 0 Å². The molecule has 0 bridgehead atoms. The Morgan fingerprint density at radius 3 is 1.90 bits per heavy atom. The molecule has 1 saturated heterocycles. The van der Waals surface area contributed by atoms with Gasteiger partial charge >= 0.3 is 0 Å². The molecule has 0 aliphatic carbocycles. The summed E-state index contributed by atoms with van der Waals surface area (Å²) in [5.74, 6) is 0. The summed E-state index contributed by atoms with van der Waals surface area (Å²) in [5.41, 5.74) is 1.91. The van der Waals surface area contributed by atoms with E-state index in [0.717, 1.165) is 12.0 Å². The van der Waals surface area contributed by atoms with Crippen molar-refractivity contribution >= 4 is 0 Å². The number of rotatable bonds is 8. The molecule has 1 fully saturated rings. The van der Waals surface area contributed by atoms with Crippen LogP contribution in [0.5, 0.6) is 0 Å². The van der Waals surface area contributed by atoms with Gasteiger partial charge < -0.3 is 14.6 Å². The van der Waals surface area contributed by atoms with E-state index in [1.54, 1.807) is 0 Å². The van der Waals surface area contributed by atoms with E-state index in [1.807, 2.05) is 43.3 Å². The van der Waals surface area contributed by atoms with Crippen molar-refractivity contribution in [3.05, 3.63) is 71.8 Å². The van der Waals surface area contributed by atoms with E-state index in [4.69, 9.17) is 9.47 Å². The molecular weight excluding hydrogens is 374 g/mol. The Balaban J connectivity index is 1.83. The lowest BCUT2D eigenvalue weighted by Gasteiger charge is -2.59. The van der Waals surface area contributed by atoms with Crippen LogP contribution in [0.25, 0.3) is 0 Å². The van der Waals surface area contributed by atoms with E-state index in [1.165, 1.54) is 5.56 Å². The lowest BCUT2D eigenvalue weighted by atomic mass is 9.75. The number of nitrogens with zero attached hydrogens (tertiary/aromatic N) is 1. The third-order valence-corrected chi connectivity index (χ3v) is 6.19. The predicted molar refractivity (Wildman–Crippen MR) is 121 cm³/mol. The van der Waals surface area contributed by atoms with Crippen molar-refractivity contribution in [1.29, 1.82) is 0 Å². The summed E-state index contributed by atoms with van der Waals surface area (Å²) in [6, 6.07) is 20.6. The second-order valence-corrected chi connectivity index (χ2v) is 9.68. The molecule has 3 unspecified atom stereocenters. The maximum Gasteiger partial charge on any atom is 0.102 e. The van der Waals surface area contributed by atoms with Crippen molar-refractivity contribution in [3.8, 4) is 0 Å². The van der Waals surface area contributed by atoms with Crippen molar-refractivity contribution in [2.24, 2.45) is 0 Å². The van der Waals surface area contributed by atoms with Crippen LogP contribution in [0, 0.1) is 0 Å². The van der Waals surface area contributed by atoms with Gasteiger partial charge in [-0.2, -0.15) is 0 Å². The summed E-state index contributed by atoms with van der Waals surface area (Å²) in [6.07, 6.45) is 0.285. The second kappa shape index (κ2) is 9.61. The Bertz CT molecular complexity index is 773. The molecule has 0 aromatic heterocycles. The normalized spacial score (nSPS) is 24.5. The maximum absolute atomic E-state index is 10.2. The van der Waals surface area contributed by atoms with E-state index in [2.05, 4.69) is 56.9 Å². The Hall–Kier alpha value is -1.72. The van der Waals surface area contributed by atoms with Gasteiger partial charge in [-0.05, 0) is 52.2 Å². The van der Waals surface area contributed by atoms with Crippen molar-refractivity contribution < 1.29 is 14.6 Å². The first-order valence-corrected chi connectivity index (χ1v) is 11.0. The summed E-state index contributed by atoms with van der Waals surface area (Å²) in [4.78, 5) is 2.39. The Labute approximate surface area is 181 Å². The molecule has 2 aromatic carbocycles. The molecule has 4 heteroatoms. The SMILES string of the molecule is CC(O)CN1C(C)(C)CC(OCc2ccccc2)C(OCc2ccccc2)C1(C)C. The number of benzene rings is 2. The van der Waals surface area contributed by atoms with Gasteiger partial charge in [-0.15, -0.1) is 0 Å². The van der Waals surface area contributed by atoms with Crippen LogP contribution in [-0.2, 0) is 22.7 Å². The fourth-order valence-electron chi connectivity index (χ4n) is 4.84. The number of hydrogen-bond acceptors (Lipinski definition) is 4. The lowest BCUT2D eigenvalue weighted by Crippen LogP contribution is -2.70. The largest absolute Gasteiger partial charge is 0.392 e. The van der Waals surface area contributed by atoms with Gasteiger partial charge in [-0.25, -0.2) is 0 Å². The zero-order valence-electron chi connectivity index (χ0n) is 19.0. The van der Waals surface area contributed by atoms with Crippen LogP contribution in [0.4, 0.5) is 0 Å². The quantitative estimate of drug-likeness (QED) is 0.677. The van der Waals surface area contributed by atoms with Gasteiger partial charge in [0.2, 0.25) is 0 Å². The number of ether oxygens (including phenoxy) is 2. The van der Waals surface area contributed by atoms with Crippen LogP contribution in [0.2, 0.25) is 0 Å². The second-order valence-electron chi connectivity index (χ2n) is 9.68. The zero-order valence-corrected chi connectivity index (χ0v) is 19.0. The topological polar surface area (TPSA) is 41.9 Å². The third kappa shape index (κ3) is 5.50. The molecule has 3 rings (SSSR count). The highest BCUT2D eigenvalue weighted by atomic mass is 16.5. The Morgan fingerprint density at radius 1 is 0.900 bits per heavy atom. The van der Waals surface area contributed by atoms with Gasteiger partial charge in [0.05, 0.1) is 25.4 Å². The average Bonchev–Trinajstić information content (AvgIpc) is 2.70. The molecule has 4 nitrogen and oxygen atoms in total. The van der Waals surface area contributed by atoms with E-state index in [9.17, 15) is 5.11 Å². The minimum Gasteiger partial charge on any atom is -0.392 e. The highest BCUT2D eigenvalue weighted by molar-refractivity contribution is 5.15. The van der Waals surface area contributed by atoms with E-state index in [0.29, 0.717) is 19.8 Å². The fraction of sp³-hybridized carbons (Fsp3) is 0.538. The minimum atomic E-state index is -0.403. The molecule has 2 aromatic rings. The molecule has 0 spiro atoms. The molecule has 0 amide bonds. The number of aliphatic hydroxyl groups is 1. The van der Waals surface area contributed by atoms with Gasteiger partial charge in [0.1, 0.15) is 6.10 Å². The highest BCUT2D eigenvalue weighted by Gasteiger charge is 2.53. The minimum absolute atomic E-state index is 0.0378. The molecule has 164 valence electrons. The van der Waals surface area contributed by atoms with Gasteiger partial charge in [-0.1, -0.05) is 60.7 Å². The van der Waals surface area contributed by atoms with E-state index < -0.39 is 6.10 Å². The van der Waals surface area contributed by atoms with Crippen molar-refractivity contribution in [2.75, 3.05) is 6.54 Å². The van der Waals surface area contributed by atoms with Crippen LogP contribution < -0.4 is 0 Å². The fourth-order valence-corrected chi connectivity index (χ4v) is 4.84. The predicted octanol–water partition coefficient (Wildman–Crippen LogP) is 4.80. The first-order chi connectivity index (χ1) is 14.2. The molecule has 1 aliphatic rings. The van der Waals surface area contributed by atoms with Gasteiger partial charge in [0.25, 0.3) is 0 Å².